The second-order valence-corrected chi connectivity index (χ2v) is 9.37. The molecule has 2 saturated heterocycles. The molecule has 198 valence electrons. The molecule has 1 aromatic carbocycles. The largest absolute Gasteiger partial charge is 0.493 e. The molecule has 0 aliphatic carbocycles. The van der Waals surface area contributed by atoms with Gasteiger partial charge in [-0.1, -0.05) is 18.2 Å². The molecular formula is C27H30F3N3O4. The van der Waals surface area contributed by atoms with Gasteiger partial charge in [-0.25, -0.2) is 4.98 Å². The number of alkyl halides is 3. The third-order valence-electron chi connectivity index (χ3n) is 6.86. The van der Waals surface area contributed by atoms with Gasteiger partial charge in [0, 0.05) is 44.0 Å². The van der Waals surface area contributed by atoms with E-state index in [-0.39, 0.29) is 22.8 Å². The maximum atomic E-state index is 13.1. The maximum Gasteiger partial charge on any atom is 0.422 e. The molecule has 0 N–H and O–H groups in total. The van der Waals surface area contributed by atoms with E-state index in [0.29, 0.717) is 32.8 Å². The topological polar surface area (TPSA) is 72.0 Å². The lowest BCUT2D eigenvalue weighted by Crippen LogP contribution is -2.44. The zero-order valence-corrected chi connectivity index (χ0v) is 20.7. The van der Waals surface area contributed by atoms with E-state index >= 15 is 0 Å². The van der Waals surface area contributed by atoms with Crippen LogP contribution in [0, 0.1) is 5.41 Å². The molecule has 2 fully saturated rings. The minimum Gasteiger partial charge on any atom is -0.493 e. The number of para-hydroxylation sites is 1. The van der Waals surface area contributed by atoms with Crippen LogP contribution in [0.2, 0.25) is 0 Å². The van der Waals surface area contributed by atoms with Crippen LogP contribution in [0.5, 0.6) is 11.6 Å². The van der Waals surface area contributed by atoms with Crippen molar-refractivity contribution >= 4 is 17.9 Å². The monoisotopic (exact) mass is 517 g/mol. The molecule has 0 bridgehead atoms. The number of amides is 2. The van der Waals surface area contributed by atoms with Crippen LogP contribution in [0.3, 0.4) is 0 Å². The molecule has 1 spiro atoms. The van der Waals surface area contributed by atoms with Gasteiger partial charge < -0.3 is 19.3 Å². The molecule has 0 unspecified atom stereocenters. The van der Waals surface area contributed by atoms with Gasteiger partial charge in [-0.05, 0) is 55.9 Å². The van der Waals surface area contributed by atoms with Gasteiger partial charge in [-0.15, -0.1) is 0 Å². The molecule has 0 atom stereocenters. The van der Waals surface area contributed by atoms with E-state index in [1.54, 1.807) is 22.0 Å². The highest BCUT2D eigenvalue weighted by atomic mass is 19.4. The first-order valence-electron chi connectivity index (χ1n) is 12.3. The summed E-state index contributed by atoms with van der Waals surface area (Å²) < 4.78 is 48.2. The van der Waals surface area contributed by atoms with Gasteiger partial charge in [-0.3, -0.25) is 9.59 Å². The number of halogens is 3. The lowest BCUT2D eigenvalue weighted by Gasteiger charge is -2.39. The molecule has 2 amide bonds. The molecule has 2 aliphatic rings. The zero-order valence-electron chi connectivity index (χ0n) is 20.7. The van der Waals surface area contributed by atoms with Crippen LogP contribution >= 0.6 is 0 Å². The number of piperidine rings is 1. The van der Waals surface area contributed by atoms with Crippen molar-refractivity contribution in [1.29, 1.82) is 0 Å². The van der Waals surface area contributed by atoms with Crippen LogP contribution in [0.15, 0.2) is 48.7 Å². The zero-order chi connectivity index (χ0) is 26.5. The molecule has 1 aromatic heterocycles. The van der Waals surface area contributed by atoms with Crippen LogP contribution in [0.25, 0.3) is 6.08 Å². The number of carbonyl (C=O) groups is 2. The van der Waals surface area contributed by atoms with E-state index in [1.807, 2.05) is 31.2 Å². The molecule has 4 rings (SSSR count). The van der Waals surface area contributed by atoms with Gasteiger partial charge in [-0.2, -0.15) is 13.2 Å². The summed E-state index contributed by atoms with van der Waals surface area (Å²) in [5, 5.41) is 0. The van der Waals surface area contributed by atoms with Crippen molar-refractivity contribution < 1.29 is 32.2 Å². The summed E-state index contributed by atoms with van der Waals surface area (Å²) in [6.07, 6.45) is 2.36. The van der Waals surface area contributed by atoms with E-state index in [0.717, 1.165) is 30.6 Å². The number of hydrogen-bond donors (Lipinski definition) is 0. The molecule has 3 heterocycles. The predicted octanol–water partition coefficient (Wildman–Crippen LogP) is 4.59. The second kappa shape index (κ2) is 11.2. The van der Waals surface area contributed by atoms with Crippen LogP contribution in [-0.2, 0) is 4.79 Å². The highest BCUT2D eigenvalue weighted by Gasteiger charge is 2.43. The lowest BCUT2D eigenvalue weighted by atomic mass is 9.78. The highest BCUT2D eigenvalue weighted by Crippen LogP contribution is 2.41. The van der Waals surface area contributed by atoms with Crippen molar-refractivity contribution in [3.8, 4) is 11.6 Å². The Labute approximate surface area is 213 Å². The Morgan fingerprint density at radius 3 is 2.43 bits per heavy atom. The van der Waals surface area contributed by atoms with Crippen molar-refractivity contribution in [1.82, 2.24) is 14.8 Å². The Hall–Kier alpha value is -3.56. The second-order valence-electron chi connectivity index (χ2n) is 9.37. The van der Waals surface area contributed by atoms with Crippen molar-refractivity contribution in [2.24, 2.45) is 5.41 Å². The summed E-state index contributed by atoms with van der Waals surface area (Å²) >= 11 is 0. The van der Waals surface area contributed by atoms with Crippen molar-refractivity contribution in [3.63, 3.8) is 0 Å². The summed E-state index contributed by atoms with van der Waals surface area (Å²) in [7, 11) is 0. The standard InChI is InChI=1S/C27H30F3N3O4/c1-2-36-22-8-4-3-6-20(22)9-10-23(34)32-15-11-26(12-16-32)13-17-33(18-26)25(35)21-7-5-14-31-24(21)37-19-27(28,29)30/h3-10,14H,2,11-13,15-19H2,1H3. The third kappa shape index (κ3) is 6.61. The average Bonchev–Trinajstić information content (AvgIpc) is 3.30. The Bertz CT molecular complexity index is 1140. The summed E-state index contributed by atoms with van der Waals surface area (Å²) in [5.41, 5.74) is 0.742. The van der Waals surface area contributed by atoms with Crippen LogP contribution < -0.4 is 9.47 Å². The Morgan fingerprint density at radius 1 is 1.03 bits per heavy atom. The van der Waals surface area contributed by atoms with Gasteiger partial charge in [0.15, 0.2) is 6.61 Å². The predicted molar refractivity (Wildman–Crippen MR) is 131 cm³/mol. The van der Waals surface area contributed by atoms with E-state index in [4.69, 9.17) is 9.47 Å². The Balaban J connectivity index is 1.34. The fourth-order valence-electron chi connectivity index (χ4n) is 4.88. The van der Waals surface area contributed by atoms with Crippen LogP contribution in [0.1, 0.15) is 42.1 Å². The molecule has 2 aliphatic heterocycles. The molecule has 7 nitrogen and oxygen atoms in total. The van der Waals surface area contributed by atoms with Crippen LogP contribution in [0.4, 0.5) is 13.2 Å². The van der Waals surface area contributed by atoms with Gasteiger partial charge in [0.05, 0.1) is 6.61 Å². The normalized spacial score (nSPS) is 17.4. The fourth-order valence-corrected chi connectivity index (χ4v) is 4.88. The van der Waals surface area contributed by atoms with Gasteiger partial charge in [0.2, 0.25) is 11.8 Å². The van der Waals surface area contributed by atoms with Crippen molar-refractivity contribution in [3.05, 3.63) is 59.8 Å². The van der Waals surface area contributed by atoms with Crippen LogP contribution in [-0.4, -0.2) is 72.2 Å². The highest BCUT2D eigenvalue weighted by molar-refractivity contribution is 5.96. The average molecular weight is 518 g/mol. The molecule has 10 heteroatoms. The number of hydrogen-bond acceptors (Lipinski definition) is 5. The maximum absolute atomic E-state index is 13.1. The van der Waals surface area contributed by atoms with E-state index in [9.17, 15) is 22.8 Å². The number of likely N-dealkylation sites (tertiary alicyclic amines) is 2. The first kappa shape index (κ1) is 26.5. The summed E-state index contributed by atoms with van der Waals surface area (Å²) in [6.45, 7) is 3.06. The molecule has 2 aromatic rings. The number of carbonyl (C=O) groups excluding carboxylic acids is 2. The Morgan fingerprint density at radius 2 is 1.73 bits per heavy atom. The smallest absolute Gasteiger partial charge is 0.422 e. The molecule has 37 heavy (non-hydrogen) atoms. The minimum absolute atomic E-state index is 0.0221. The molecule has 0 radical (unpaired) electrons. The van der Waals surface area contributed by atoms with Gasteiger partial charge in [0.1, 0.15) is 11.3 Å². The Kier molecular flexibility index (Phi) is 8.04. The van der Waals surface area contributed by atoms with E-state index < -0.39 is 18.7 Å². The number of benzene rings is 1. The van der Waals surface area contributed by atoms with Crippen molar-refractivity contribution in [2.75, 3.05) is 39.4 Å². The number of rotatable bonds is 7. The summed E-state index contributed by atoms with van der Waals surface area (Å²) in [4.78, 5) is 33.2. The SMILES string of the molecule is CCOc1ccccc1C=CC(=O)N1CCC2(CC1)CCN(C(=O)c1cccnc1OCC(F)(F)F)C2. The summed E-state index contributed by atoms with van der Waals surface area (Å²) in [6, 6.07) is 10.5. The first-order chi connectivity index (χ1) is 17.7. The number of pyridine rings is 1. The quantitative estimate of drug-likeness (QED) is 0.503. The lowest BCUT2D eigenvalue weighted by molar-refractivity contribution is -0.154. The number of ether oxygens (including phenoxy) is 2. The van der Waals surface area contributed by atoms with E-state index in [2.05, 4.69) is 4.98 Å². The molecule has 0 saturated carbocycles. The minimum atomic E-state index is -4.52. The third-order valence-corrected chi connectivity index (χ3v) is 6.86. The first-order valence-corrected chi connectivity index (χ1v) is 12.3. The number of aromatic nitrogens is 1. The van der Waals surface area contributed by atoms with Gasteiger partial charge in [0.25, 0.3) is 5.91 Å². The van der Waals surface area contributed by atoms with Gasteiger partial charge >= 0.3 is 6.18 Å². The number of nitrogens with zero attached hydrogens (tertiary/aromatic N) is 3. The van der Waals surface area contributed by atoms with Crippen molar-refractivity contribution in [2.45, 2.75) is 32.4 Å². The summed E-state index contributed by atoms with van der Waals surface area (Å²) in [5.74, 6) is -0.0581. The fraction of sp³-hybridized carbons (Fsp3) is 0.444. The van der Waals surface area contributed by atoms with E-state index in [1.165, 1.54) is 18.3 Å². The molecular weight excluding hydrogens is 487 g/mol.